The predicted octanol–water partition coefficient (Wildman–Crippen LogP) is 2.48. The van der Waals surface area contributed by atoms with E-state index < -0.39 is 12.2 Å². The molecule has 9 nitrogen and oxygen atoms in total. The van der Waals surface area contributed by atoms with Crippen molar-refractivity contribution < 1.29 is 19.1 Å². The van der Waals surface area contributed by atoms with E-state index in [0.717, 1.165) is 48.4 Å². The normalized spacial score (nSPS) is 19.2. The first kappa shape index (κ1) is 23.7. The number of nitrogens with zero attached hydrogens (tertiary/aromatic N) is 3. The second-order valence-corrected chi connectivity index (χ2v) is 9.73. The van der Waals surface area contributed by atoms with Crippen LogP contribution in [0.4, 0.5) is 4.79 Å². The van der Waals surface area contributed by atoms with Gasteiger partial charge in [-0.3, -0.25) is 9.48 Å². The number of hydrogen-bond donors (Lipinski definition) is 2. The van der Waals surface area contributed by atoms with Crippen molar-refractivity contribution in [1.29, 1.82) is 0 Å². The van der Waals surface area contributed by atoms with Gasteiger partial charge in [-0.05, 0) is 44.7 Å². The molecule has 2 amide bonds. The highest BCUT2D eigenvalue weighted by Crippen LogP contribution is 2.41. The number of aromatic nitrogens is 2. The van der Waals surface area contributed by atoms with Crippen LogP contribution in [0.3, 0.4) is 0 Å². The summed E-state index contributed by atoms with van der Waals surface area (Å²) in [6.07, 6.45) is 4.66. The van der Waals surface area contributed by atoms with Crippen LogP contribution in [-0.2, 0) is 27.7 Å². The third kappa shape index (κ3) is 5.56. The second kappa shape index (κ2) is 10.7. The number of aryl methyl sites for hydroxylation is 2. The summed E-state index contributed by atoms with van der Waals surface area (Å²) in [7, 11) is 3.30. The van der Waals surface area contributed by atoms with E-state index in [1.807, 2.05) is 22.7 Å². The summed E-state index contributed by atoms with van der Waals surface area (Å²) >= 11 is 1.74. The third-order valence-corrected chi connectivity index (χ3v) is 7.55. The van der Waals surface area contributed by atoms with Crippen molar-refractivity contribution in [1.82, 2.24) is 25.3 Å². The molecule has 2 aliphatic rings. The number of rotatable bonds is 9. The summed E-state index contributed by atoms with van der Waals surface area (Å²) in [4.78, 5) is 29.2. The van der Waals surface area contributed by atoms with Crippen LogP contribution in [0.15, 0.2) is 18.3 Å². The van der Waals surface area contributed by atoms with Crippen LogP contribution in [0.1, 0.15) is 42.0 Å². The second-order valence-electron chi connectivity index (χ2n) is 8.56. The molecule has 1 saturated heterocycles. The molecule has 1 aliphatic carbocycles. The molecule has 2 atom stereocenters. The molecule has 180 valence electrons. The number of morpholine rings is 1. The van der Waals surface area contributed by atoms with E-state index in [-0.39, 0.29) is 18.0 Å². The van der Waals surface area contributed by atoms with Gasteiger partial charge in [0.05, 0.1) is 25.5 Å². The monoisotopic (exact) mass is 475 g/mol. The van der Waals surface area contributed by atoms with Gasteiger partial charge in [-0.15, -0.1) is 11.3 Å². The zero-order valence-electron chi connectivity index (χ0n) is 19.5. The quantitative estimate of drug-likeness (QED) is 0.541. The molecule has 2 fully saturated rings. The van der Waals surface area contributed by atoms with Crippen LogP contribution in [0, 0.1) is 0 Å². The van der Waals surface area contributed by atoms with Crippen molar-refractivity contribution in [2.24, 2.45) is 7.05 Å². The van der Waals surface area contributed by atoms with Gasteiger partial charge < -0.3 is 25.0 Å². The van der Waals surface area contributed by atoms with Gasteiger partial charge in [0, 0.05) is 54.2 Å². The number of hydrogen-bond acceptors (Lipinski definition) is 7. The molecule has 0 radical (unpaired) electrons. The minimum Gasteiger partial charge on any atom is -0.453 e. The molecule has 3 heterocycles. The molecule has 2 aromatic rings. The Morgan fingerprint density at radius 2 is 2.27 bits per heavy atom. The number of methoxy groups -OCH3 is 1. The van der Waals surface area contributed by atoms with Crippen LogP contribution in [0.5, 0.6) is 0 Å². The Kier molecular flexibility index (Phi) is 7.67. The predicted molar refractivity (Wildman–Crippen MR) is 126 cm³/mol. The Labute approximate surface area is 198 Å². The molecule has 4 rings (SSSR count). The Morgan fingerprint density at radius 1 is 1.45 bits per heavy atom. The highest BCUT2D eigenvalue weighted by molar-refractivity contribution is 7.12. The summed E-state index contributed by atoms with van der Waals surface area (Å²) < 4.78 is 12.3. The molecular weight excluding hydrogens is 442 g/mol. The minimum absolute atomic E-state index is 0.0329. The molecule has 0 bridgehead atoms. The zero-order chi connectivity index (χ0) is 23.4. The van der Waals surface area contributed by atoms with Crippen LogP contribution in [0.25, 0.3) is 11.3 Å². The van der Waals surface area contributed by atoms with Gasteiger partial charge in [0.1, 0.15) is 6.10 Å². The summed E-state index contributed by atoms with van der Waals surface area (Å²) in [5.74, 6) is 0.0801. The minimum atomic E-state index is -0.416. The van der Waals surface area contributed by atoms with Crippen molar-refractivity contribution in [3.8, 4) is 11.3 Å². The summed E-state index contributed by atoms with van der Waals surface area (Å²) in [6, 6.07) is 4.47. The van der Waals surface area contributed by atoms with E-state index in [0.29, 0.717) is 19.7 Å². The first-order valence-electron chi connectivity index (χ1n) is 11.6. The molecule has 1 saturated carbocycles. The Bertz CT molecular complexity index is 964. The fraction of sp³-hybridized carbons (Fsp3) is 0.609. The smallest absolute Gasteiger partial charge is 0.406 e. The van der Waals surface area contributed by atoms with E-state index in [2.05, 4.69) is 33.5 Å². The van der Waals surface area contributed by atoms with E-state index >= 15 is 0 Å². The lowest BCUT2D eigenvalue weighted by Crippen LogP contribution is -2.50. The SMILES string of the molecule is COC(=O)NCCCc1sc(C(C)N(C(=O)[C@H]2CNCCO2)C2CC2)cc1-c1ccnn1C. The Hall–Kier alpha value is -2.43. The van der Waals surface area contributed by atoms with E-state index in [1.54, 1.807) is 17.5 Å². The van der Waals surface area contributed by atoms with Crippen molar-refractivity contribution in [3.05, 3.63) is 28.1 Å². The molecule has 2 aromatic heterocycles. The van der Waals surface area contributed by atoms with Crippen LogP contribution < -0.4 is 10.6 Å². The van der Waals surface area contributed by atoms with E-state index in [4.69, 9.17) is 4.74 Å². The molecule has 10 heteroatoms. The number of alkyl carbamates (subject to hydrolysis) is 1. The Balaban J connectivity index is 1.55. The maximum Gasteiger partial charge on any atom is 0.406 e. The molecule has 1 aliphatic heterocycles. The van der Waals surface area contributed by atoms with Crippen LogP contribution in [0.2, 0.25) is 0 Å². The summed E-state index contributed by atoms with van der Waals surface area (Å²) in [5, 5.41) is 10.4. The maximum absolute atomic E-state index is 13.4. The molecule has 0 aromatic carbocycles. The number of amides is 2. The highest BCUT2D eigenvalue weighted by Gasteiger charge is 2.40. The standard InChI is InChI=1S/C23H33N5O4S/c1-15(28(16-6-7-16)22(29)19-14-24-11-12-32-19)21-13-17(18-8-10-26-27(18)2)20(33-21)5-4-9-25-23(30)31-3/h8,10,13,15-16,19,24H,4-7,9,11-12,14H2,1-3H3,(H,25,30)/t15?,19-/m1/s1. The van der Waals surface area contributed by atoms with Gasteiger partial charge in [-0.25, -0.2) is 4.79 Å². The Morgan fingerprint density at radius 3 is 2.91 bits per heavy atom. The average Bonchev–Trinajstić information content (AvgIpc) is 3.43. The average molecular weight is 476 g/mol. The lowest BCUT2D eigenvalue weighted by atomic mass is 10.1. The number of thiophene rings is 1. The van der Waals surface area contributed by atoms with Crippen molar-refractivity contribution in [2.45, 2.75) is 50.8 Å². The molecule has 2 N–H and O–H groups in total. The summed E-state index contributed by atoms with van der Waals surface area (Å²) in [5.41, 5.74) is 2.18. The number of carbonyl (C=O) groups is 2. The zero-order valence-corrected chi connectivity index (χ0v) is 20.3. The van der Waals surface area contributed by atoms with Gasteiger partial charge >= 0.3 is 6.09 Å². The largest absolute Gasteiger partial charge is 0.453 e. The van der Waals surface area contributed by atoms with Gasteiger partial charge in [0.2, 0.25) is 0 Å². The molecular formula is C23H33N5O4S. The van der Waals surface area contributed by atoms with Crippen molar-refractivity contribution in [3.63, 3.8) is 0 Å². The highest BCUT2D eigenvalue weighted by atomic mass is 32.1. The first-order valence-corrected chi connectivity index (χ1v) is 12.4. The maximum atomic E-state index is 13.4. The van der Waals surface area contributed by atoms with Gasteiger partial charge in [0.15, 0.2) is 0 Å². The van der Waals surface area contributed by atoms with Crippen molar-refractivity contribution in [2.75, 3.05) is 33.4 Å². The van der Waals surface area contributed by atoms with Crippen LogP contribution >= 0.6 is 11.3 Å². The lowest BCUT2D eigenvalue weighted by molar-refractivity contribution is -0.148. The number of nitrogens with one attached hydrogen (secondary N) is 2. The van der Waals surface area contributed by atoms with E-state index in [9.17, 15) is 9.59 Å². The third-order valence-electron chi connectivity index (χ3n) is 6.19. The molecule has 0 spiro atoms. The fourth-order valence-corrected chi connectivity index (χ4v) is 5.54. The van der Waals surface area contributed by atoms with Gasteiger partial charge in [0.25, 0.3) is 5.91 Å². The van der Waals surface area contributed by atoms with Crippen LogP contribution in [-0.4, -0.2) is 72.2 Å². The summed E-state index contributed by atoms with van der Waals surface area (Å²) in [6.45, 7) is 4.58. The van der Waals surface area contributed by atoms with Gasteiger partial charge in [-0.1, -0.05) is 0 Å². The van der Waals surface area contributed by atoms with Gasteiger partial charge in [-0.2, -0.15) is 5.10 Å². The molecule has 33 heavy (non-hydrogen) atoms. The number of ether oxygens (including phenoxy) is 2. The first-order chi connectivity index (χ1) is 16.0. The molecule has 1 unspecified atom stereocenters. The van der Waals surface area contributed by atoms with E-state index in [1.165, 1.54) is 12.0 Å². The fourth-order valence-electron chi connectivity index (χ4n) is 4.27. The topological polar surface area (TPSA) is 97.7 Å². The van der Waals surface area contributed by atoms with Crippen molar-refractivity contribution >= 4 is 23.3 Å². The number of carbonyl (C=O) groups excluding carboxylic acids is 2. The lowest BCUT2D eigenvalue weighted by Gasteiger charge is -2.33.